The van der Waals surface area contributed by atoms with Crippen LogP contribution in [0.15, 0.2) is 48.9 Å². The summed E-state index contributed by atoms with van der Waals surface area (Å²) < 4.78 is 0. The molecule has 2 heterocycles. The zero-order valence-electron chi connectivity index (χ0n) is 15.9. The van der Waals surface area contributed by atoms with E-state index < -0.39 is 0 Å². The Kier molecular flexibility index (Phi) is 6.98. The van der Waals surface area contributed by atoms with Gasteiger partial charge >= 0.3 is 0 Å². The Morgan fingerprint density at radius 3 is 2.63 bits per heavy atom. The number of hydrogen-bond donors (Lipinski definition) is 1. The average molecular weight is 368 g/mol. The molecule has 1 aliphatic heterocycles. The summed E-state index contributed by atoms with van der Waals surface area (Å²) in [4.78, 5) is 27.2. The van der Waals surface area contributed by atoms with E-state index in [4.69, 9.17) is 0 Å². The highest BCUT2D eigenvalue weighted by molar-refractivity contribution is 5.78. The van der Waals surface area contributed by atoms with Crippen molar-refractivity contribution in [1.82, 2.24) is 20.2 Å². The van der Waals surface area contributed by atoms with Crippen LogP contribution in [0.25, 0.3) is 0 Å². The molecule has 0 unspecified atom stereocenters. The Labute approximate surface area is 161 Å². The molecule has 0 atom stereocenters. The van der Waals surface area contributed by atoms with E-state index in [0.29, 0.717) is 13.1 Å². The summed E-state index contributed by atoms with van der Waals surface area (Å²) in [7, 11) is 2.08. The van der Waals surface area contributed by atoms with Crippen molar-refractivity contribution >= 4 is 17.4 Å². The number of carbonyl (C=O) groups is 1. The van der Waals surface area contributed by atoms with Crippen LogP contribution in [0.5, 0.6) is 0 Å². The lowest BCUT2D eigenvalue weighted by molar-refractivity contribution is -0.122. The third-order valence-corrected chi connectivity index (χ3v) is 4.80. The number of piperazine rings is 1. The molecule has 0 radical (unpaired) electrons. The first-order valence-corrected chi connectivity index (χ1v) is 9.48. The summed E-state index contributed by atoms with van der Waals surface area (Å²) in [6, 6.07) is 10.3. The molecule has 1 aromatic heterocycles. The topological polar surface area (TPSA) is 64.6 Å². The Morgan fingerprint density at radius 2 is 1.93 bits per heavy atom. The first-order chi connectivity index (χ1) is 13.2. The molecule has 1 fully saturated rings. The third-order valence-electron chi connectivity index (χ3n) is 4.80. The Bertz CT molecular complexity index is 688. The number of aromatic nitrogens is 2. The summed E-state index contributed by atoms with van der Waals surface area (Å²) in [6.45, 7) is 5.54. The van der Waals surface area contributed by atoms with E-state index >= 15 is 0 Å². The van der Waals surface area contributed by atoms with Gasteiger partial charge in [-0.15, -0.1) is 0 Å². The van der Waals surface area contributed by atoms with Crippen LogP contribution in [0.2, 0.25) is 0 Å². The zero-order valence-corrected chi connectivity index (χ0v) is 15.9. The fourth-order valence-corrected chi connectivity index (χ4v) is 3.20. The molecule has 7 heteroatoms. The normalized spacial score (nSPS) is 14.8. The lowest BCUT2D eigenvalue weighted by Gasteiger charge is -2.34. The fourth-order valence-electron chi connectivity index (χ4n) is 3.20. The number of benzene rings is 1. The van der Waals surface area contributed by atoms with Crippen molar-refractivity contribution in [2.75, 3.05) is 62.7 Å². The Morgan fingerprint density at radius 1 is 1.15 bits per heavy atom. The van der Waals surface area contributed by atoms with Crippen LogP contribution in [0, 0.1) is 0 Å². The average Bonchev–Trinajstić information content (AvgIpc) is 2.73. The maximum absolute atomic E-state index is 12.2. The maximum Gasteiger partial charge on any atom is 0.234 e. The van der Waals surface area contributed by atoms with Gasteiger partial charge in [0.15, 0.2) is 0 Å². The second-order valence-electron chi connectivity index (χ2n) is 6.79. The number of amides is 1. The van der Waals surface area contributed by atoms with E-state index in [9.17, 15) is 4.79 Å². The summed E-state index contributed by atoms with van der Waals surface area (Å²) in [5, 5.41) is 3.04. The molecule has 27 heavy (non-hydrogen) atoms. The molecule has 144 valence electrons. The summed E-state index contributed by atoms with van der Waals surface area (Å²) in [5.74, 6) is 1.01. The second-order valence-corrected chi connectivity index (χ2v) is 6.79. The molecular weight excluding hydrogens is 340 g/mol. The first-order valence-electron chi connectivity index (χ1n) is 9.48. The predicted octanol–water partition coefficient (Wildman–Crippen LogP) is 1.24. The quantitative estimate of drug-likeness (QED) is 0.708. The van der Waals surface area contributed by atoms with Crippen molar-refractivity contribution in [3.05, 3.63) is 48.9 Å². The highest BCUT2D eigenvalue weighted by atomic mass is 16.2. The summed E-state index contributed by atoms with van der Waals surface area (Å²) in [6.07, 6.45) is 6.11. The molecule has 0 aliphatic carbocycles. The molecule has 3 rings (SSSR count). The van der Waals surface area contributed by atoms with E-state index in [-0.39, 0.29) is 5.91 Å². The molecule has 1 aromatic carbocycles. The molecule has 1 aliphatic rings. The fraction of sp³-hybridized carbons (Fsp3) is 0.450. The molecule has 7 nitrogen and oxygen atoms in total. The van der Waals surface area contributed by atoms with Gasteiger partial charge in [-0.1, -0.05) is 18.2 Å². The van der Waals surface area contributed by atoms with Crippen LogP contribution in [-0.4, -0.2) is 73.6 Å². The smallest absolute Gasteiger partial charge is 0.234 e. The van der Waals surface area contributed by atoms with Crippen LogP contribution in [-0.2, 0) is 4.79 Å². The molecule has 2 aromatic rings. The summed E-state index contributed by atoms with van der Waals surface area (Å²) >= 11 is 0. The van der Waals surface area contributed by atoms with Gasteiger partial charge in [-0.25, -0.2) is 4.98 Å². The van der Waals surface area contributed by atoms with E-state index in [0.717, 1.165) is 45.0 Å². The van der Waals surface area contributed by atoms with Gasteiger partial charge in [-0.3, -0.25) is 14.7 Å². The SMILES string of the molecule is CN(CCCNC(=O)CN1CCN(c2cnccn2)CC1)c1ccccc1. The predicted molar refractivity (Wildman–Crippen MR) is 108 cm³/mol. The molecule has 0 bridgehead atoms. The van der Waals surface area contributed by atoms with Crippen molar-refractivity contribution in [2.45, 2.75) is 6.42 Å². The van der Waals surface area contributed by atoms with E-state index in [1.165, 1.54) is 5.69 Å². The van der Waals surface area contributed by atoms with Crippen LogP contribution >= 0.6 is 0 Å². The van der Waals surface area contributed by atoms with E-state index in [1.54, 1.807) is 18.6 Å². The first kappa shape index (κ1) is 19.1. The Hall–Kier alpha value is -2.67. The number of nitrogens with zero attached hydrogens (tertiary/aromatic N) is 5. The van der Waals surface area contributed by atoms with Gasteiger partial charge in [0.25, 0.3) is 0 Å². The lowest BCUT2D eigenvalue weighted by atomic mass is 10.3. The Balaban J connectivity index is 1.30. The molecular formula is C20H28N6O. The van der Waals surface area contributed by atoms with Gasteiger partial charge in [0.2, 0.25) is 5.91 Å². The van der Waals surface area contributed by atoms with Gasteiger partial charge in [0.1, 0.15) is 5.82 Å². The zero-order chi connectivity index (χ0) is 18.9. The molecule has 1 N–H and O–H groups in total. The van der Waals surface area contributed by atoms with Crippen LogP contribution in [0.1, 0.15) is 6.42 Å². The number of para-hydroxylation sites is 1. The van der Waals surface area contributed by atoms with Gasteiger partial charge in [0, 0.05) is 64.4 Å². The lowest BCUT2D eigenvalue weighted by Crippen LogP contribution is -2.49. The largest absolute Gasteiger partial charge is 0.375 e. The van der Waals surface area contributed by atoms with Gasteiger partial charge in [-0.05, 0) is 18.6 Å². The van der Waals surface area contributed by atoms with Crippen molar-refractivity contribution in [1.29, 1.82) is 0 Å². The number of nitrogens with one attached hydrogen (secondary N) is 1. The highest BCUT2D eigenvalue weighted by Gasteiger charge is 2.19. The van der Waals surface area contributed by atoms with Gasteiger partial charge in [-0.2, -0.15) is 0 Å². The number of carbonyl (C=O) groups excluding carboxylic acids is 1. The van der Waals surface area contributed by atoms with Crippen molar-refractivity contribution in [2.24, 2.45) is 0 Å². The molecule has 1 saturated heterocycles. The van der Waals surface area contributed by atoms with Crippen molar-refractivity contribution in [3.8, 4) is 0 Å². The van der Waals surface area contributed by atoms with Gasteiger partial charge in [0.05, 0.1) is 12.7 Å². The van der Waals surface area contributed by atoms with Crippen molar-refractivity contribution in [3.63, 3.8) is 0 Å². The highest BCUT2D eigenvalue weighted by Crippen LogP contribution is 2.12. The van der Waals surface area contributed by atoms with Gasteiger partial charge < -0.3 is 15.1 Å². The minimum Gasteiger partial charge on any atom is -0.375 e. The number of rotatable bonds is 8. The maximum atomic E-state index is 12.2. The molecule has 0 spiro atoms. The minimum absolute atomic E-state index is 0.102. The second kappa shape index (κ2) is 9.87. The van der Waals surface area contributed by atoms with Crippen LogP contribution in [0.4, 0.5) is 11.5 Å². The molecule has 1 amide bonds. The van der Waals surface area contributed by atoms with E-state index in [1.807, 2.05) is 18.2 Å². The third kappa shape index (κ3) is 5.92. The summed E-state index contributed by atoms with van der Waals surface area (Å²) in [5.41, 5.74) is 1.20. The van der Waals surface area contributed by atoms with Crippen molar-refractivity contribution < 1.29 is 4.79 Å². The number of hydrogen-bond acceptors (Lipinski definition) is 6. The monoisotopic (exact) mass is 368 g/mol. The van der Waals surface area contributed by atoms with Crippen LogP contribution < -0.4 is 15.1 Å². The van der Waals surface area contributed by atoms with E-state index in [2.05, 4.69) is 49.2 Å². The standard InChI is InChI=1S/C20H28N6O/c1-24(18-6-3-2-4-7-18)11-5-8-23-20(27)17-25-12-14-26(15-13-25)19-16-21-9-10-22-19/h2-4,6-7,9-10,16H,5,8,11-15,17H2,1H3,(H,23,27). The molecule has 0 saturated carbocycles. The minimum atomic E-state index is 0.102. The van der Waals surface area contributed by atoms with Crippen LogP contribution in [0.3, 0.4) is 0 Å². The number of anilines is 2.